The van der Waals surface area contributed by atoms with E-state index in [1.807, 2.05) is 0 Å². The summed E-state index contributed by atoms with van der Waals surface area (Å²) in [4.78, 5) is 30.2. The van der Waals surface area contributed by atoms with Gasteiger partial charge in [-0.1, -0.05) is 23.2 Å². The number of carbonyl (C=O) groups excluding carboxylic acids is 1. The van der Waals surface area contributed by atoms with Crippen LogP contribution in [0.5, 0.6) is 0 Å². The van der Waals surface area contributed by atoms with Crippen molar-refractivity contribution in [1.29, 1.82) is 0 Å². The van der Waals surface area contributed by atoms with Gasteiger partial charge in [0.15, 0.2) is 0 Å². The molecule has 0 saturated carbocycles. The van der Waals surface area contributed by atoms with E-state index in [0.29, 0.717) is 31.7 Å². The zero-order valence-corrected chi connectivity index (χ0v) is 12.1. The van der Waals surface area contributed by atoms with Crippen LogP contribution in [0, 0.1) is 0 Å². The number of hydrogen-bond acceptors (Lipinski definition) is 4. The predicted octanol–water partition coefficient (Wildman–Crippen LogP) is 1.23. The van der Waals surface area contributed by atoms with Crippen LogP contribution in [-0.2, 0) is 4.79 Å². The Kier molecular flexibility index (Phi) is 4.80. The largest absolute Gasteiger partial charge is 0.480 e. The highest BCUT2D eigenvalue weighted by atomic mass is 35.5. The number of pyridine rings is 1. The molecule has 0 atom stereocenters. The second-order valence-corrected chi connectivity index (χ2v) is 5.24. The molecule has 0 radical (unpaired) electrons. The molecule has 1 aliphatic rings. The SMILES string of the molecule is O=C(O)CN1CCN(C(=O)c2cc(Cl)ncc2Cl)CC1. The fourth-order valence-electron chi connectivity index (χ4n) is 2.05. The normalized spacial score (nSPS) is 16.2. The Balaban J connectivity index is 2.01. The number of aromatic nitrogens is 1. The van der Waals surface area contributed by atoms with E-state index in [-0.39, 0.29) is 22.6 Å². The van der Waals surface area contributed by atoms with Gasteiger partial charge < -0.3 is 10.0 Å². The number of halogens is 2. The molecular formula is C12H13Cl2N3O3. The molecule has 1 aromatic rings. The molecule has 2 rings (SSSR count). The second kappa shape index (κ2) is 6.39. The van der Waals surface area contributed by atoms with E-state index in [9.17, 15) is 9.59 Å². The molecule has 1 N–H and O–H groups in total. The molecule has 1 aliphatic heterocycles. The van der Waals surface area contributed by atoms with Crippen molar-refractivity contribution in [3.8, 4) is 0 Å². The van der Waals surface area contributed by atoms with Crippen molar-refractivity contribution in [1.82, 2.24) is 14.8 Å². The number of amides is 1. The Hall–Kier alpha value is -1.37. The highest BCUT2D eigenvalue weighted by Crippen LogP contribution is 2.20. The van der Waals surface area contributed by atoms with Crippen molar-refractivity contribution in [2.24, 2.45) is 0 Å². The monoisotopic (exact) mass is 317 g/mol. The quantitative estimate of drug-likeness (QED) is 0.849. The Bertz CT molecular complexity index is 531. The van der Waals surface area contributed by atoms with Crippen LogP contribution in [0.1, 0.15) is 10.4 Å². The molecule has 1 fully saturated rings. The number of carboxylic acids is 1. The summed E-state index contributed by atoms with van der Waals surface area (Å²) in [5.41, 5.74) is 0.318. The molecule has 6 nitrogen and oxygen atoms in total. The topological polar surface area (TPSA) is 73.7 Å². The fraction of sp³-hybridized carbons (Fsp3) is 0.417. The zero-order chi connectivity index (χ0) is 14.7. The number of carboxylic acid groups (broad SMARTS) is 1. The number of rotatable bonds is 3. The van der Waals surface area contributed by atoms with E-state index >= 15 is 0 Å². The van der Waals surface area contributed by atoms with Crippen molar-refractivity contribution in [3.63, 3.8) is 0 Å². The van der Waals surface area contributed by atoms with Crippen LogP contribution in [0.2, 0.25) is 10.2 Å². The van der Waals surface area contributed by atoms with Gasteiger partial charge in [-0.05, 0) is 6.07 Å². The lowest BCUT2D eigenvalue weighted by Gasteiger charge is -2.33. The van der Waals surface area contributed by atoms with Crippen LogP contribution < -0.4 is 0 Å². The molecule has 1 aromatic heterocycles. The minimum absolute atomic E-state index is 0.0100. The molecule has 1 saturated heterocycles. The predicted molar refractivity (Wildman–Crippen MR) is 74.2 cm³/mol. The molecule has 0 aliphatic carbocycles. The maximum atomic E-state index is 12.3. The van der Waals surface area contributed by atoms with Crippen LogP contribution in [0.3, 0.4) is 0 Å². The number of nitrogens with zero attached hydrogens (tertiary/aromatic N) is 3. The summed E-state index contributed by atoms with van der Waals surface area (Å²) >= 11 is 11.7. The summed E-state index contributed by atoms with van der Waals surface area (Å²) in [6, 6.07) is 1.44. The molecule has 1 amide bonds. The highest BCUT2D eigenvalue weighted by Gasteiger charge is 2.24. The Morgan fingerprint density at radius 1 is 1.25 bits per heavy atom. The summed E-state index contributed by atoms with van der Waals surface area (Å²) in [5.74, 6) is -1.08. The fourth-order valence-corrected chi connectivity index (χ4v) is 2.39. The van der Waals surface area contributed by atoms with E-state index in [2.05, 4.69) is 4.98 Å². The van der Waals surface area contributed by atoms with Crippen molar-refractivity contribution >= 4 is 35.1 Å². The first-order valence-electron chi connectivity index (χ1n) is 6.02. The third-order valence-corrected chi connectivity index (χ3v) is 3.58. The third-order valence-electron chi connectivity index (χ3n) is 3.07. The second-order valence-electron chi connectivity index (χ2n) is 4.45. The van der Waals surface area contributed by atoms with Crippen LogP contribution in [-0.4, -0.2) is 64.5 Å². The maximum absolute atomic E-state index is 12.3. The van der Waals surface area contributed by atoms with E-state index in [4.69, 9.17) is 28.3 Å². The molecular weight excluding hydrogens is 305 g/mol. The summed E-state index contributed by atoms with van der Waals surface area (Å²) in [6.07, 6.45) is 1.35. The highest BCUT2D eigenvalue weighted by molar-refractivity contribution is 6.35. The lowest BCUT2D eigenvalue weighted by molar-refractivity contribution is -0.138. The Morgan fingerprint density at radius 2 is 1.90 bits per heavy atom. The Labute approximate surface area is 125 Å². The Morgan fingerprint density at radius 3 is 2.50 bits per heavy atom. The number of piperazine rings is 1. The summed E-state index contributed by atoms with van der Waals surface area (Å²) in [5, 5.41) is 9.19. The van der Waals surface area contributed by atoms with E-state index in [1.54, 1.807) is 9.80 Å². The number of hydrogen-bond donors (Lipinski definition) is 1. The minimum Gasteiger partial charge on any atom is -0.480 e. The summed E-state index contributed by atoms with van der Waals surface area (Å²) < 4.78 is 0. The lowest BCUT2D eigenvalue weighted by atomic mass is 10.2. The summed E-state index contributed by atoms with van der Waals surface area (Å²) in [7, 11) is 0. The molecule has 0 bridgehead atoms. The smallest absolute Gasteiger partial charge is 0.317 e. The van der Waals surface area contributed by atoms with Gasteiger partial charge in [0.25, 0.3) is 5.91 Å². The van der Waals surface area contributed by atoms with Gasteiger partial charge >= 0.3 is 5.97 Å². The van der Waals surface area contributed by atoms with Crippen LogP contribution in [0.4, 0.5) is 0 Å². The van der Waals surface area contributed by atoms with Crippen molar-refractivity contribution in [2.45, 2.75) is 0 Å². The van der Waals surface area contributed by atoms with Crippen LogP contribution >= 0.6 is 23.2 Å². The van der Waals surface area contributed by atoms with Crippen LogP contribution in [0.15, 0.2) is 12.3 Å². The standard InChI is InChI=1S/C12H13Cl2N3O3/c13-9-6-15-10(14)5-8(9)12(20)17-3-1-16(2-4-17)7-11(18)19/h5-6H,1-4,7H2,(H,18,19). The van der Waals surface area contributed by atoms with Gasteiger partial charge in [-0.2, -0.15) is 0 Å². The zero-order valence-electron chi connectivity index (χ0n) is 10.6. The first-order chi connectivity index (χ1) is 9.47. The van der Waals surface area contributed by atoms with E-state index < -0.39 is 5.97 Å². The van der Waals surface area contributed by atoms with Gasteiger partial charge in [-0.25, -0.2) is 4.98 Å². The van der Waals surface area contributed by atoms with Crippen molar-refractivity contribution in [2.75, 3.05) is 32.7 Å². The maximum Gasteiger partial charge on any atom is 0.317 e. The number of aliphatic carboxylic acids is 1. The molecule has 2 heterocycles. The average Bonchev–Trinajstić information content (AvgIpc) is 2.41. The van der Waals surface area contributed by atoms with Crippen LogP contribution in [0.25, 0.3) is 0 Å². The molecule has 0 unspecified atom stereocenters. The number of carbonyl (C=O) groups is 2. The first-order valence-corrected chi connectivity index (χ1v) is 6.77. The van der Waals surface area contributed by atoms with Crippen molar-refractivity contribution in [3.05, 3.63) is 28.0 Å². The minimum atomic E-state index is -0.867. The molecule has 8 heteroatoms. The van der Waals surface area contributed by atoms with Gasteiger partial charge in [-0.3, -0.25) is 14.5 Å². The molecule has 20 heavy (non-hydrogen) atoms. The van der Waals surface area contributed by atoms with Gasteiger partial charge in [0.2, 0.25) is 0 Å². The van der Waals surface area contributed by atoms with Gasteiger partial charge in [0.05, 0.1) is 17.1 Å². The molecule has 0 aromatic carbocycles. The summed E-state index contributed by atoms with van der Waals surface area (Å²) in [6.45, 7) is 1.96. The van der Waals surface area contributed by atoms with Gasteiger partial charge in [0.1, 0.15) is 5.15 Å². The van der Waals surface area contributed by atoms with E-state index in [1.165, 1.54) is 12.3 Å². The average molecular weight is 318 g/mol. The van der Waals surface area contributed by atoms with Gasteiger partial charge in [-0.15, -0.1) is 0 Å². The first kappa shape index (κ1) is 15.0. The molecule has 0 spiro atoms. The van der Waals surface area contributed by atoms with Crippen molar-refractivity contribution < 1.29 is 14.7 Å². The molecule has 108 valence electrons. The van der Waals surface area contributed by atoms with E-state index in [0.717, 1.165) is 0 Å². The van der Waals surface area contributed by atoms with Gasteiger partial charge in [0, 0.05) is 32.4 Å². The third kappa shape index (κ3) is 3.59. The lowest BCUT2D eigenvalue weighted by Crippen LogP contribution is -2.49.